The maximum absolute atomic E-state index is 10.4. The molecule has 0 bridgehead atoms. The number of aliphatic hydroxyl groups is 1. The van der Waals surface area contributed by atoms with Crippen molar-refractivity contribution in [2.24, 2.45) is 0 Å². The van der Waals surface area contributed by atoms with Gasteiger partial charge in [0.2, 0.25) is 0 Å². The monoisotopic (exact) mass is 440 g/mol. The van der Waals surface area contributed by atoms with E-state index in [1.165, 1.54) is 0 Å². The van der Waals surface area contributed by atoms with Gasteiger partial charge < -0.3 is 24.1 Å². The molecule has 5 heteroatoms. The van der Waals surface area contributed by atoms with Crippen molar-refractivity contribution >= 4 is 0 Å². The second-order valence-electron chi connectivity index (χ2n) is 8.16. The highest BCUT2D eigenvalue weighted by molar-refractivity contribution is 5.26. The zero-order valence-corrected chi connectivity index (χ0v) is 19.2. The van der Waals surface area contributed by atoms with E-state index < -0.39 is 6.10 Å². The summed E-state index contributed by atoms with van der Waals surface area (Å²) in [6.07, 6.45) is 6.18. The first kappa shape index (κ1) is 24.5. The van der Waals surface area contributed by atoms with Gasteiger partial charge in [-0.1, -0.05) is 61.5 Å². The van der Waals surface area contributed by atoms with Gasteiger partial charge >= 0.3 is 0 Å². The molecular weight excluding hydrogens is 404 g/mol. The van der Waals surface area contributed by atoms with Crippen LogP contribution < -0.4 is 4.74 Å². The van der Waals surface area contributed by atoms with Crippen molar-refractivity contribution in [1.29, 1.82) is 0 Å². The predicted molar refractivity (Wildman–Crippen MR) is 126 cm³/mol. The number of rotatable bonds is 12. The van der Waals surface area contributed by atoms with Crippen LogP contribution in [0.2, 0.25) is 0 Å². The van der Waals surface area contributed by atoms with Gasteiger partial charge in [0, 0.05) is 6.61 Å². The van der Waals surface area contributed by atoms with E-state index in [2.05, 4.69) is 24.3 Å². The molecule has 0 saturated heterocycles. The number of aliphatic hydroxyl groups excluding tert-OH is 1. The topological polar surface area (TPSA) is 57.2 Å². The Labute approximate surface area is 192 Å². The van der Waals surface area contributed by atoms with Crippen LogP contribution in [0, 0.1) is 0 Å². The first-order valence-corrected chi connectivity index (χ1v) is 11.5. The van der Waals surface area contributed by atoms with Crippen LogP contribution in [-0.4, -0.2) is 43.2 Å². The molecular formula is C27H36O5. The number of methoxy groups -OCH3 is 1. The molecule has 0 amide bonds. The Bertz CT molecular complexity index is 789. The summed E-state index contributed by atoms with van der Waals surface area (Å²) in [5.41, 5.74) is 2.23. The van der Waals surface area contributed by atoms with Gasteiger partial charge in [0.25, 0.3) is 0 Å². The molecule has 1 N–H and O–H groups in total. The van der Waals surface area contributed by atoms with Crippen LogP contribution in [0.15, 0.2) is 66.7 Å². The summed E-state index contributed by atoms with van der Waals surface area (Å²) in [7, 11) is 1.66. The van der Waals surface area contributed by atoms with E-state index in [1.54, 1.807) is 7.11 Å². The minimum Gasteiger partial charge on any atom is -0.497 e. The van der Waals surface area contributed by atoms with Crippen molar-refractivity contribution in [2.75, 3.05) is 13.7 Å². The fourth-order valence-electron chi connectivity index (χ4n) is 3.81. The van der Waals surface area contributed by atoms with Crippen molar-refractivity contribution < 1.29 is 24.1 Å². The lowest BCUT2D eigenvalue weighted by molar-refractivity contribution is -0.136. The number of hydrogen-bond acceptors (Lipinski definition) is 5. The molecule has 1 aliphatic heterocycles. The number of benzene rings is 2. The fraction of sp³-hybridized carbons (Fsp3) is 0.481. The van der Waals surface area contributed by atoms with E-state index in [1.807, 2.05) is 49.4 Å². The summed E-state index contributed by atoms with van der Waals surface area (Å²) in [6, 6.07) is 18.1. The Balaban J connectivity index is 1.61. The molecule has 1 heterocycles. The van der Waals surface area contributed by atoms with Crippen LogP contribution in [0.5, 0.6) is 5.75 Å². The quantitative estimate of drug-likeness (QED) is 0.369. The van der Waals surface area contributed by atoms with Crippen molar-refractivity contribution in [1.82, 2.24) is 0 Å². The zero-order chi connectivity index (χ0) is 22.6. The van der Waals surface area contributed by atoms with Crippen LogP contribution in [0.4, 0.5) is 0 Å². The summed E-state index contributed by atoms with van der Waals surface area (Å²) in [6.45, 7) is 3.62. The Morgan fingerprint density at radius 1 is 0.938 bits per heavy atom. The number of hydrogen-bond donors (Lipinski definition) is 1. The molecule has 32 heavy (non-hydrogen) atoms. The second kappa shape index (κ2) is 13.4. The maximum atomic E-state index is 10.4. The van der Waals surface area contributed by atoms with E-state index >= 15 is 0 Å². The van der Waals surface area contributed by atoms with Crippen molar-refractivity contribution in [2.45, 2.75) is 70.2 Å². The van der Waals surface area contributed by atoms with Crippen molar-refractivity contribution in [3.05, 3.63) is 77.9 Å². The van der Waals surface area contributed by atoms with Gasteiger partial charge in [0.05, 0.1) is 44.7 Å². The summed E-state index contributed by atoms with van der Waals surface area (Å²) in [5, 5.41) is 10.4. The molecule has 0 saturated carbocycles. The molecule has 0 spiro atoms. The molecule has 3 rings (SSSR count). The summed E-state index contributed by atoms with van der Waals surface area (Å²) < 4.78 is 23.9. The predicted octanol–water partition coefficient (Wildman–Crippen LogP) is 5.06. The molecule has 4 atom stereocenters. The Morgan fingerprint density at radius 2 is 1.62 bits per heavy atom. The third-order valence-electron chi connectivity index (χ3n) is 5.80. The number of ether oxygens (including phenoxy) is 4. The zero-order valence-electron chi connectivity index (χ0n) is 19.2. The van der Waals surface area contributed by atoms with Gasteiger partial charge in [0.1, 0.15) is 5.75 Å². The molecule has 5 nitrogen and oxygen atoms in total. The first-order valence-electron chi connectivity index (χ1n) is 11.5. The molecule has 2 aromatic rings. The van der Waals surface area contributed by atoms with Crippen LogP contribution in [0.1, 0.15) is 43.7 Å². The van der Waals surface area contributed by atoms with Crippen LogP contribution in [0.25, 0.3) is 0 Å². The molecule has 0 aliphatic carbocycles. The van der Waals surface area contributed by atoms with E-state index in [0.717, 1.165) is 36.1 Å². The van der Waals surface area contributed by atoms with Crippen LogP contribution >= 0.6 is 0 Å². The minimum atomic E-state index is -0.475. The fourth-order valence-corrected chi connectivity index (χ4v) is 3.81. The van der Waals surface area contributed by atoms with Gasteiger partial charge in [-0.15, -0.1) is 0 Å². The molecule has 0 fully saturated rings. The Morgan fingerprint density at radius 3 is 2.31 bits per heavy atom. The third-order valence-corrected chi connectivity index (χ3v) is 5.80. The Hall–Kier alpha value is -2.18. The highest BCUT2D eigenvalue weighted by Crippen LogP contribution is 2.24. The Kier molecular flexibility index (Phi) is 10.2. The summed E-state index contributed by atoms with van der Waals surface area (Å²) in [5.74, 6) is 0.827. The molecule has 174 valence electrons. The lowest BCUT2D eigenvalue weighted by atomic mass is 10.1. The highest BCUT2D eigenvalue weighted by atomic mass is 16.6. The molecule has 0 aromatic heterocycles. The van der Waals surface area contributed by atoms with E-state index in [-0.39, 0.29) is 18.3 Å². The summed E-state index contributed by atoms with van der Waals surface area (Å²) in [4.78, 5) is 0. The summed E-state index contributed by atoms with van der Waals surface area (Å²) >= 11 is 0. The van der Waals surface area contributed by atoms with E-state index in [4.69, 9.17) is 18.9 Å². The van der Waals surface area contributed by atoms with Crippen molar-refractivity contribution in [3.63, 3.8) is 0 Å². The maximum Gasteiger partial charge on any atom is 0.118 e. The second-order valence-corrected chi connectivity index (χ2v) is 8.16. The lowest BCUT2D eigenvalue weighted by Crippen LogP contribution is -2.38. The SMILES string of the molecule is CC[C@@H](O)[C@H]1CC=CC[C@@H]([C@H](CCOCc2ccccc2)OCc2ccc(OC)cc2)O1. The smallest absolute Gasteiger partial charge is 0.118 e. The van der Waals surface area contributed by atoms with Crippen LogP contribution in [-0.2, 0) is 27.4 Å². The van der Waals surface area contributed by atoms with Crippen molar-refractivity contribution in [3.8, 4) is 5.75 Å². The van der Waals surface area contributed by atoms with Gasteiger partial charge in [-0.25, -0.2) is 0 Å². The van der Waals surface area contributed by atoms with Gasteiger partial charge in [-0.2, -0.15) is 0 Å². The van der Waals surface area contributed by atoms with Gasteiger partial charge in [-0.05, 0) is 48.9 Å². The third kappa shape index (κ3) is 7.75. The normalized spacial score (nSPS) is 20.5. The standard InChI is InChI=1S/C27H36O5/c1-3-24(28)25-11-7-8-12-27(32-25)26(17-18-30-19-21-9-5-4-6-10-21)31-20-22-13-15-23(29-2)16-14-22/h4-10,13-16,24-28H,3,11-12,17-20H2,1-2H3/t24-,25-,26+,27+/m1/s1. The average molecular weight is 441 g/mol. The van der Waals surface area contributed by atoms with Crippen LogP contribution in [0.3, 0.4) is 0 Å². The largest absolute Gasteiger partial charge is 0.497 e. The van der Waals surface area contributed by atoms with Gasteiger partial charge in [-0.3, -0.25) is 0 Å². The molecule has 0 unspecified atom stereocenters. The van der Waals surface area contributed by atoms with Gasteiger partial charge in [0.15, 0.2) is 0 Å². The molecule has 1 aliphatic rings. The highest BCUT2D eigenvalue weighted by Gasteiger charge is 2.29. The molecule has 0 radical (unpaired) electrons. The lowest BCUT2D eigenvalue weighted by Gasteiger charge is -2.31. The molecule has 2 aromatic carbocycles. The first-order chi connectivity index (χ1) is 15.7. The van der Waals surface area contributed by atoms with E-state index in [9.17, 15) is 5.11 Å². The van der Waals surface area contributed by atoms with E-state index in [0.29, 0.717) is 26.2 Å². The minimum absolute atomic E-state index is 0.126. The average Bonchev–Trinajstić information content (AvgIpc) is 3.10.